The van der Waals surface area contributed by atoms with E-state index in [1.807, 2.05) is 60.7 Å². The number of aliphatic hydroxyl groups is 1. The Labute approximate surface area is 210 Å². The molecule has 0 aliphatic carbocycles. The van der Waals surface area contributed by atoms with Crippen molar-refractivity contribution in [2.45, 2.75) is 31.9 Å². The van der Waals surface area contributed by atoms with E-state index < -0.39 is 6.10 Å². The van der Waals surface area contributed by atoms with Crippen LogP contribution >= 0.6 is 0 Å². The Hall–Kier alpha value is -3.87. The third-order valence-electron chi connectivity index (χ3n) is 6.17. The van der Waals surface area contributed by atoms with E-state index in [1.165, 1.54) is 5.56 Å². The molecule has 3 aromatic carbocycles. The molecule has 184 valence electrons. The number of para-hydroxylation sites is 1. The molecule has 2 aromatic heterocycles. The van der Waals surface area contributed by atoms with Crippen LogP contribution in [-0.4, -0.2) is 39.9 Å². The first-order chi connectivity index (χ1) is 17.5. The Balaban J connectivity index is 1.14. The molecule has 6 heteroatoms. The van der Waals surface area contributed by atoms with Gasteiger partial charge in [0, 0.05) is 40.6 Å². The third-order valence-corrected chi connectivity index (χ3v) is 6.17. The Kier molecular flexibility index (Phi) is 6.89. The average Bonchev–Trinajstić information content (AvgIpc) is 3.27. The first-order valence-electron chi connectivity index (χ1n) is 12.2. The van der Waals surface area contributed by atoms with Crippen molar-refractivity contribution in [3.05, 3.63) is 96.7 Å². The first-order valence-corrected chi connectivity index (χ1v) is 12.2. The van der Waals surface area contributed by atoms with Crippen LogP contribution in [0.15, 0.2) is 91.1 Å². The van der Waals surface area contributed by atoms with Crippen molar-refractivity contribution in [3.63, 3.8) is 0 Å². The van der Waals surface area contributed by atoms with E-state index in [2.05, 4.69) is 53.4 Å². The van der Waals surface area contributed by atoms with Crippen molar-refractivity contribution in [1.29, 1.82) is 0 Å². The number of aliphatic hydroxyl groups excluding tert-OH is 1. The fourth-order valence-electron chi connectivity index (χ4n) is 4.40. The minimum atomic E-state index is -0.640. The molecular weight excluding hydrogens is 450 g/mol. The highest BCUT2D eigenvalue weighted by Crippen LogP contribution is 2.33. The molecule has 2 heterocycles. The molecule has 0 radical (unpaired) electrons. The summed E-state index contributed by atoms with van der Waals surface area (Å²) in [6.07, 6.45) is 1.87. The summed E-state index contributed by atoms with van der Waals surface area (Å²) in [6.45, 7) is 4.90. The van der Waals surface area contributed by atoms with E-state index in [0.29, 0.717) is 12.4 Å². The van der Waals surface area contributed by atoms with E-state index in [4.69, 9.17) is 9.47 Å². The maximum atomic E-state index is 10.6. The van der Waals surface area contributed by atoms with Crippen LogP contribution in [0.5, 0.6) is 17.4 Å². The minimum Gasteiger partial charge on any atom is -0.490 e. The van der Waals surface area contributed by atoms with Gasteiger partial charge in [0.15, 0.2) is 0 Å². The van der Waals surface area contributed by atoms with E-state index in [1.54, 1.807) is 6.20 Å². The third kappa shape index (κ3) is 5.67. The number of aromatic amines is 1. The molecule has 0 spiro atoms. The lowest BCUT2D eigenvalue weighted by molar-refractivity contribution is 0.0996. The SMILES string of the molecule is CC(C)(Cc1ccc(Oc2ccccn2)cc1)NC[C@H](O)COc1cccc2[nH]c3ccccc3c12. The van der Waals surface area contributed by atoms with E-state index >= 15 is 0 Å². The van der Waals surface area contributed by atoms with Crippen molar-refractivity contribution in [2.24, 2.45) is 0 Å². The Morgan fingerprint density at radius 3 is 2.50 bits per heavy atom. The Morgan fingerprint density at radius 2 is 1.69 bits per heavy atom. The van der Waals surface area contributed by atoms with Crippen molar-refractivity contribution in [3.8, 4) is 17.4 Å². The van der Waals surface area contributed by atoms with Crippen LogP contribution in [0.2, 0.25) is 0 Å². The van der Waals surface area contributed by atoms with E-state index in [9.17, 15) is 5.11 Å². The average molecular weight is 482 g/mol. The van der Waals surface area contributed by atoms with Crippen LogP contribution in [0, 0.1) is 0 Å². The summed E-state index contributed by atoms with van der Waals surface area (Å²) in [4.78, 5) is 7.61. The molecule has 0 saturated carbocycles. The second-order valence-electron chi connectivity index (χ2n) is 9.67. The molecule has 0 aliphatic rings. The smallest absolute Gasteiger partial charge is 0.219 e. The molecule has 0 aliphatic heterocycles. The molecule has 0 fully saturated rings. The summed E-state index contributed by atoms with van der Waals surface area (Å²) in [7, 11) is 0. The van der Waals surface area contributed by atoms with Gasteiger partial charge < -0.3 is 24.9 Å². The van der Waals surface area contributed by atoms with Gasteiger partial charge in [0.05, 0.1) is 5.52 Å². The summed E-state index contributed by atoms with van der Waals surface area (Å²) in [6, 6.07) is 27.7. The Morgan fingerprint density at radius 1 is 0.917 bits per heavy atom. The lowest BCUT2D eigenvalue weighted by Crippen LogP contribution is -2.46. The number of hydrogen-bond donors (Lipinski definition) is 3. The summed E-state index contributed by atoms with van der Waals surface area (Å²) < 4.78 is 11.8. The number of nitrogens with one attached hydrogen (secondary N) is 2. The molecule has 6 nitrogen and oxygen atoms in total. The zero-order chi connectivity index (χ0) is 25.0. The van der Waals surface area contributed by atoms with Crippen LogP contribution < -0.4 is 14.8 Å². The monoisotopic (exact) mass is 481 g/mol. The lowest BCUT2D eigenvalue weighted by atomic mass is 9.94. The zero-order valence-electron chi connectivity index (χ0n) is 20.6. The van der Waals surface area contributed by atoms with Crippen molar-refractivity contribution >= 4 is 21.8 Å². The van der Waals surface area contributed by atoms with Crippen LogP contribution in [0.1, 0.15) is 19.4 Å². The second kappa shape index (κ2) is 10.4. The number of pyridine rings is 1. The van der Waals surface area contributed by atoms with Crippen LogP contribution in [-0.2, 0) is 6.42 Å². The predicted octanol–water partition coefficient (Wildman–Crippen LogP) is 5.86. The number of fused-ring (bicyclic) bond motifs is 3. The summed E-state index contributed by atoms with van der Waals surface area (Å²) in [5.41, 5.74) is 3.07. The summed E-state index contributed by atoms with van der Waals surface area (Å²) in [5, 5.41) is 16.3. The van der Waals surface area contributed by atoms with Crippen LogP contribution in [0.25, 0.3) is 21.8 Å². The van der Waals surface area contributed by atoms with Gasteiger partial charge in [-0.15, -0.1) is 0 Å². The molecule has 0 unspecified atom stereocenters. The molecule has 0 saturated heterocycles. The number of H-pyrrole nitrogens is 1. The van der Waals surface area contributed by atoms with Gasteiger partial charge in [-0.3, -0.25) is 0 Å². The normalized spacial score (nSPS) is 12.6. The zero-order valence-corrected chi connectivity index (χ0v) is 20.6. The van der Waals surface area contributed by atoms with Gasteiger partial charge in [0.25, 0.3) is 0 Å². The number of nitrogens with zero attached hydrogens (tertiary/aromatic N) is 1. The quantitative estimate of drug-likeness (QED) is 0.233. The molecule has 5 aromatic rings. The number of β-amino-alcohol motifs (C(OH)–C–C–N with tert-alkyl or cyclic N) is 1. The standard InChI is InChI=1S/C30H31N3O3/c1-30(2,18-21-13-15-23(16-14-21)36-28-12-5-6-17-31-28)32-19-22(34)20-35-27-11-7-10-26-29(27)24-8-3-4-9-25(24)33-26/h3-17,22,32-34H,18-20H2,1-2H3/t22-/m0/s1. The van der Waals surface area contributed by atoms with Crippen LogP contribution in [0.4, 0.5) is 0 Å². The van der Waals surface area contributed by atoms with Gasteiger partial charge in [-0.1, -0.05) is 42.5 Å². The second-order valence-corrected chi connectivity index (χ2v) is 9.67. The van der Waals surface area contributed by atoms with Crippen molar-refractivity contribution in [1.82, 2.24) is 15.3 Å². The number of ether oxygens (including phenoxy) is 2. The van der Waals surface area contributed by atoms with Gasteiger partial charge in [-0.05, 0) is 62.2 Å². The fourth-order valence-corrected chi connectivity index (χ4v) is 4.40. The highest BCUT2D eigenvalue weighted by atomic mass is 16.5. The number of hydrogen-bond acceptors (Lipinski definition) is 5. The highest BCUT2D eigenvalue weighted by Gasteiger charge is 2.20. The molecule has 5 rings (SSSR count). The van der Waals surface area contributed by atoms with Crippen molar-refractivity contribution in [2.75, 3.05) is 13.2 Å². The number of aromatic nitrogens is 2. The van der Waals surface area contributed by atoms with Gasteiger partial charge >= 0.3 is 0 Å². The maximum absolute atomic E-state index is 10.6. The first kappa shape index (κ1) is 23.9. The van der Waals surface area contributed by atoms with Crippen LogP contribution in [0.3, 0.4) is 0 Å². The van der Waals surface area contributed by atoms with E-state index in [-0.39, 0.29) is 12.1 Å². The van der Waals surface area contributed by atoms with E-state index in [0.717, 1.165) is 39.7 Å². The van der Waals surface area contributed by atoms with Crippen molar-refractivity contribution < 1.29 is 14.6 Å². The Bertz CT molecular complexity index is 1430. The summed E-state index contributed by atoms with van der Waals surface area (Å²) in [5.74, 6) is 2.10. The maximum Gasteiger partial charge on any atom is 0.219 e. The number of rotatable bonds is 10. The van der Waals surface area contributed by atoms with Gasteiger partial charge in [-0.2, -0.15) is 0 Å². The predicted molar refractivity (Wildman–Crippen MR) is 144 cm³/mol. The topological polar surface area (TPSA) is 79.4 Å². The molecular formula is C30H31N3O3. The fraction of sp³-hybridized carbons (Fsp3) is 0.233. The molecule has 0 bridgehead atoms. The largest absolute Gasteiger partial charge is 0.490 e. The number of benzene rings is 3. The van der Waals surface area contributed by atoms with Gasteiger partial charge in [0.2, 0.25) is 5.88 Å². The molecule has 36 heavy (non-hydrogen) atoms. The lowest BCUT2D eigenvalue weighted by Gasteiger charge is -2.28. The highest BCUT2D eigenvalue weighted by molar-refractivity contribution is 6.10. The van der Waals surface area contributed by atoms with Gasteiger partial charge in [-0.25, -0.2) is 4.98 Å². The minimum absolute atomic E-state index is 0.207. The van der Waals surface area contributed by atoms with Gasteiger partial charge in [0.1, 0.15) is 24.2 Å². The molecule has 0 amide bonds. The summed E-state index contributed by atoms with van der Waals surface area (Å²) >= 11 is 0. The molecule has 3 N–H and O–H groups in total. The molecule has 1 atom stereocenters.